The van der Waals surface area contributed by atoms with Crippen molar-refractivity contribution in [3.05, 3.63) is 23.5 Å². The molecule has 4 rings (SSSR count). The molecule has 2 aromatic heterocycles. The summed E-state index contributed by atoms with van der Waals surface area (Å²) >= 11 is 1.37. The topological polar surface area (TPSA) is 69.6 Å². The van der Waals surface area contributed by atoms with E-state index in [1.165, 1.54) is 11.5 Å². The smallest absolute Gasteiger partial charge is 0.255 e. The van der Waals surface area contributed by atoms with Gasteiger partial charge in [0.15, 0.2) is 0 Å². The number of carbonyl (C=O) groups excluding carboxylic acids is 1. The molecule has 1 saturated heterocycles. The van der Waals surface area contributed by atoms with Crippen LogP contribution in [0.5, 0.6) is 0 Å². The van der Waals surface area contributed by atoms with Crippen LogP contribution in [0.25, 0.3) is 10.2 Å². The highest BCUT2D eigenvalue weighted by Crippen LogP contribution is 2.26. The van der Waals surface area contributed by atoms with Gasteiger partial charge in [0.05, 0.1) is 17.4 Å². The first kappa shape index (κ1) is 15.9. The average molecular weight is 346 g/mol. The van der Waals surface area contributed by atoms with E-state index < -0.39 is 0 Å². The largest absolute Gasteiger partial charge is 0.391 e. The van der Waals surface area contributed by atoms with Gasteiger partial charge in [-0.05, 0) is 43.8 Å². The highest BCUT2D eigenvalue weighted by Gasteiger charge is 2.33. The third-order valence-electron chi connectivity index (χ3n) is 5.27. The fourth-order valence-corrected chi connectivity index (χ4v) is 4.57. The minimum absolute atomic E-state index is 0.0432. The summed E-state index contributed by atoms with van der Waals surface area (Å²) in [7, 11) is 0. The molecule has 3 heterocycles. The lowest BCUT2D eigenvalue weighted by Gasteiger charge is -2.39. The molecule has 2 aliphatic rings. The second-order valence-electron chi connectivity index (χ2n) is 6.74. The van der Waals surface area contributed by atoms with Crippen molar-refractivity contribution in [2.24, 2.45) is 0 Å². The van der Waals surface area contributed by atoms with Crippen LogP contribution in [0.4, 0.5) is 0 Å². The SMILES string of the molecule is Cc1nsc2ncc(C(=O)N3CCN([C@H]4CCC[C@H]4O)CC3)cc12. The number of aliphatic hydroxyl groups excluding tert-OH is 1. The Morgan fingerprint density at radius 3 is 2.79 bits per heavy atom. The summed E-state index contributed by atoms with van der Waals surface area (Å²) in [6.07, 6.45) is 4.54. The van der Waals surface area contributed by atoms with Crippen molar-refractivity contribution in [2.45, 2.75) is 38.3 Å². The number of aryl methyl sites for hydroxylation is 1. The van der Waals surface area contributed by atoms with Gasteiger partial charge in [-0.1, -0.05) is 0 Å². The van der Waals surface area contributed by atoms with E-state index in [4.69, 9.17) is 0 Å². The molecule has 128 valence electrons. The predicted molar refractivity (Wildman–Crippen MR) is 93.3 cm³/mol. The first-order valence-corrected chi connectivity index (χ1v) is 9.34. The molecule has 0 spiro atoms. The lowest BCUT2D eigenvalue weighted by Crippen LogP contribution is -2.53. The van der Waals surface area contributed by atoms with Crippen LogP contribution in [-0.2, 0) is 0 Å². The zero-order chi connectivity index (χ0) is 16.7. The van der Waals surface area contributed by atoms with Gasteiger partial charge in [-0.15, -0.1) is 0 Å². The highest BCUT2D eigenvalue weighted by atomic mass is 32.1. The van der Waals surface area contributed by atoms with Crippen molar-refractivity contribution in [3.8, 4) is 0 Å². The number of aromatic nitrogens is 2. The van der Waals surface area contributed by atoms with Crippen LogP contribution >= 0.6 is 11.5 Å². The molecule has 1 saturated carbocycles. The van der Waals surface area contributed by atoms with Gasteiger partial charge >= 0.3 is 0 Å². The number of fused-ring (bicyclic) bond motifs is 1. The van der Waals surface area contributed by atoms with Gasteiger partial charge in [0.2, 0.25) is 0 Å². The van der Waals surface area contributed by atoms with Gasteiger partial charge in [-0.3, -0.25) is 9.69 Å². The number of nitrogens with zero attached hydrogens (tertiary/aromatic N) is 4. The van der Waals surface area contributed by atoms with Crippen molar-refractivity contribution in [3.63, 3.8) is 0 Å². The zero-order valence-electron chi connectivity index (χ0n) is 13.8. The van der Waals surface area contributed by atoms with Crippen LogP contribution in [0.1, 0.15) is 35.3 Å². The Labute approximate surface area is 145 Å². The molecule has 6 nitrogen and oxygen atoms in total. The van der Waals surface area contributed by atoms with Crippen LogP contribution in [0, 0.1) is 6.92 Å². The monoisotopic (exact) mass is 346 g/mol. The zero-order valence-corrected chi connectivity index (χ0v) is 14.6. The summed E-state index contributed by atoms with van der Waals surface area (Å²) < 4.78 is 4.29. The summed E-state index contributed by atoms with van der Waals surface area (Å²) in [4.78, 5) is 22.3. The first-order chi connectivity index (χ1) is 11.6. The minimum Gasteiger partial charge on any atom is -0.391 e. The average Bonchev–Trinajstić information content (AvgIpc) is 3.20. The molecular formula is C17H22N4O2S. The summed E-state index contributed by atoms with van der Waals surface area (Å²) in [5.41, 5.74) is 1.57. The normalized spacial score (nSPS) is 25.5. The van der Waals surface area contributed by atoms with E-state index in [1.807, 2.05) is 17.9 Å². The number of hydrogen-bond donors (Lipinski definition) is 1. The number of rotatable bonds is 2. The maximum absolute atomic E-state index is 12.8. The van der Waals surface area contributed by atoms with E-state index in [0.29, 0.717) is 18.7 Å². The second-order valence-corrected chi connectivity index (χ2v) is 7.49. The number of piperazine rings is 1. The quantitative estimate of drug-likeness (QED) is 0.896. The van der Waals surface area contributed by atoms with Gasteiger partial charge in [0, 0.05) is 43.8 Å². The molecule has 1 aliphatic heterocycles. The maximum Gasteiger partial charge on any atom is 0.255 e. The molecule has 0 unspecified atom stereocenters. The molecule has 0 radical (unpaired) electrons. The van der Waals surface area contributed by atoms with Gasteiger partial charge in [-0.25, -0.2) is 4.98 Å². The third-order valence-corrected chi connectivity index (χ3v) is 6.13. The Kier molecular flexibility index (Phi) is 4.24. The molecule has 2 atom stereocenters. The predicted octanol–water partition coefficient (Wildman–Crippen LogP) is 1.67. The van der Waals surface area contributed by atoms with E-state index in [9.17, 15) is 9.90 Å². The summed E-state index contributed by atoms with van der Waals surface area (Å²) in [6, 6.07) is 2.19. The molecule has 24 heavy (non-hydrogen) atoms. The van der Waals surface area contributed by atoms with Crippen LogP contribution < -0.4 is 0 Å². The van der Waals surface area contributed by atoms with Crippen molar-refractivity contribution >= 4 is 27.7 Å². The van der Waals surface area contributed by atoms with E-state index in [-0.39, 0.29) is 18.1 Å². The number of carbonyl (C=O) groups is 1. The maximum atomic E-state index is 12.8. The fraction of sp³-hybridized carbons (Fsp3) is 0.588. The van der Waals surface area contributed by atoms with Crippen molar-refractivity contribution < 1.29 is 9.90 Å². The summed E-state index contributed by atoms with van der Waals surface area (Å²) in [5.74, 6) is 0.0432. The molecule has 1 N–H and O–H groups in total. The molecule has 2 fully saturated rings. The van der Waals surface area contributed by atoms with Gasteiger partial charge < -0.3 is 10.0 Å². The van der Waals surface area contributed by atoms with Crippen LogP contribution in [0.2, 0.25) is 0 Å². The van der Waals surface area contributed by atoms with Gasteiger partial charge in [-0.2, -0.15) is 4.37 Å². The first-order valence-electron chi connectivity index (χ1n) is 8.57. The molecule has 0 aromatic carbocycles. The molecule has 1 amide bonds. The van der Waals surface area contributed by atoms with Crippen molar-refractivity contribution in [1.29, 1.82) is 0 Å². The molecule has 2 aromatic rings. The standard InChI is InChI=1S/C17H22N4O2S/c1-11-13-9-12(10-18-16(13)24-19-11)17(23)21-7-5-20(6-8-21)14-3-2-4-15(14)22/h9-10,14-15,22H,2-8H2,1H3/t14-,15+/m0/s1. The van der Waals surface area contributed by atoms with Gasteiger partial charge in [0.25, 0.3) is 5.91 Å². The van der Waals surface area contributed by atoms with E-state index in [1.54, 1.807) is 6.20 Å². The molecule has 7 heteroatoms. The number of amides is 1. The Morgan fingerprint density at radius 1 is 1.29 bits per heavy atom. The summed E-state index contributed by atoms with van der Waals surface area (Å²) in [5, 5.41) is 11.0. The fourth-order valence-electron chi connectivity index (χ4n) is 3.85. The van der Waals surface area contributed by atoms with Crippen LogP contribution in [0.3, 0.4) is 0 Å². The lowest BCUT2D eigenvalue weighted by atomic mass is 10.1. The van der Waals surface area contributed by atoms with Gasteiger partial charge in [0.1, 0.15) is 4.83 Å². The highest BCUT2D eigenvalue weighted by molar-refractivity contribution is 7.12. The van der Waals surface area contributed by atoms with E-state index in [2.05, 4.69) is 14.3 Å². The van der Waals surface area contributed by atoms with Crippen LogP contribution in [-0.4, -0.2) is 68.5 Å². The van der Waals surface area contributed by atoms with E-state index in [0.717, 1.165) is 48.3 Å². The minimum atomic E-state index is -0.201. The Hall–Kier alpha value is -1.57. The van der Waals surface area contributed by atoms with Crippen LogP contribution in [0.15, 0.2) is 12.3 Å². The van der Waals surface area contributed by atoms with E-state index >= 15 is 0 Å². The summed E-state index contributed by atoms with van der Waals surface area (Å²) in [6.45, 7) is 5.03. The third kappa shape index (κ3) is 2.81. The van der Waals surface area contributed by atoms with Crippen molar-refractivity contribution in [1.82, 2.24) is 19.2 Å². The molecular weight excluding hydrogens is 324 g/mol. The number of pyridine rings is 1. The Bertz CT molecular complexity index is 754. The Morgan fingerprint density at radius 2 is 2.08 bits per heavy atom. The lowest BCUT2D eigenvalue weighted by molar-refractivity contribution is 0.0315. The second kappa shape index (κ2) is 6.38. The Balaban J connectivity index is 1.44. The number of hydrogen-bond acceptors (Lipinski definition) is 6. The molecule has 0 bridgehead atoms. The van der Waals surface area contributed by atoms with Crippen molar-refractivity contribution in [2.75, 3.05) is 26.2 Å². The number of aliphatic hydroxyl groups is 1. The molecule has 1 aliphatic carbocycles.